The number of nitrogens with two attached hydrogens (primary N) is 1. The largest absolute Gasteiger partial charge is 0.475 e. The SMILES string of the molecule is CCCC(C)Oc1cccc(NN)n1. The van der Waals surface area contributed by atoms with E-state index in [0.717, 1.165) is 12.8 Å². The molecule has 0 saturated heterocycles. The first-order chi connectivity index (χ1) is 6.76. The molecule has 1 heterocycles. The highest BCUT2D eigenvalue weighted by molar-refractivity contribution is 5.35. The molecule has 0 aliphatic carbocycles. The van der Waals surface area contributed by atoms with Gasteiger partial charge in [-0.05, 0) is 19.4 Å². The fraction of sp³-hybridized carbons (Fsp3) is 0.500. The molecule has 4 heteroatoms. The van der Waals surface area contributed by atoms with E-state index in [-0.39, 0.29) is 6.10 Å². The lowest BCUT2D eigenvalue weighted by atomic mass is 10.2. The summed E-state index contributed by atoms with van der Waals surface area (Å²) in [6.07, 6.45) is 2.33. The number of nitrogens with zero attached hydrogens (tertiary/aromatic N) is 1. The molecule has 0 aromatic carbocycles. The third-order valence-corrected chi connectivity index (χ3v) is 1.89. The van der Waals surface area contributed by atoms with Gasteiger partial charge in [0, 0.05) is 6.07 Å². The summed E-state index contributed by atoms with van der Waals surface area (Å²) in [5, 5.41) is 0. The minimum Gasteiger partial charge on any atom is -0.475 e. The van der Waals surface area contributed by atoms with E-state index < -0.39 is 0 Å². The Bertz CT molecular complexity index is 278. The van der Waals surface area contributed by atoms with Crippen LogP contribution in [0.2, 0.25) is 0 Å². The molecule has 1 aromatic rings. The fourth-order valence-corrected chi connectivity index (χ4v) is 1.23. The van der Waals surface area contributed by atoms with Crippen molar-refractivity contribution in [1.29, 1.82) is 0 Å². The number of rotatable bonds is 5. The standard InChI is InChI=1S/C10H17N3O/c1-3-5-8(2)14-10-7-4-6-9(12-10)13-11/h4,6-8H,3,5,11H2,1-2H3,(H,12,13). The Hall–Kier alpha value is -1.29. The highest BCUT2D eigenvalue weighted by Gasteiger charge is 2.03. The second-order valence-electron chi connectivity index (χ2n) is 3.22. The van der Waals surface area contributed by atoms with Crippen molar-refractivity contribution in [2.45, 2.75) is 32.8 Å². The smallest absolute Gasteiger partial charge is 0.215 e. The Kier molecular flexibility index (Phi) is 4.19. The summed E-state index contributed by atoms with van der Waals surface area (Å²) in [5.41, 5.74) is 2.48. The van der Waals surface area contributed by atoms with Crippen LogP contribution in [0, 0.1) is 0 Å². The highest BCUT2D eigenvalue weighted by atomic mass is 16.5. The first-order valence-corrected chi connectivity index (χ1v) is 4.86. The second-order valence-corrected chi connectivity index (χ2v) is 3.22. The minimum absolute atomic E-state index is 0.195. The molecule has 0 fully saturated rings. The lowest BCUT2D eigenvalue weighted by Crippen LogP contribution is -2.13. The zero-order valence-electron chi connectivity index (χ0n) is 8.66. The summed E-state index contributed by atoms with van der Waals surface area (Å²) in [5.74, 6) is 6.47. The molecule has 0 amide bonds. The van der Waals surface area contributed by atoms with Gasteiger partial charge in [0.2, 0.25) is 5.88 Å². The molecule has 0 bridgehead atoms. The van der Waals surface area contributed by atoms with E-state index >= 15 is 0 Å². The van der Waals surface area contributed by atoms with Crippen molar-refractivity contribution in [3.63, 3.8) is 0 Å². The van der Waals surface area contributed by atoms with Crippen LogP contribution < -0.4 is 16.0 Å². The summed E-state index contributed by atoms with van der Waals surface area (Å²) in [4.78, 5) is 4.16. The zero-order chi connectivity index (χ0) is 10.4. The number of pyridine rings is 1. The van der Waals surface area contributed by atoms with E-state index in [9.17, 15) is 0 Å². The predicted octanol–water partition coefficient (Wildman–Crippen LogP) is 1.93. The van der Waals surface area contributed by atoms with Gasteiger partial charge < -0.3 is 10.2 Å². The van der Waals surface area contributed by atoms with E-state index in [1.165, 1.54) is 0 Å². The van der Waals surface area contributed by atoms with Gasteiger partial charge >= 0.3 is 0 Å². The fourth-order valence-electron chi connectivity index (χ4n) is 1.23. The maximum atomic E-state index is 5.59. The van der Waals surface area contributed by atoms with E-state index in [1.54, 1.807) is 6.07 Å². The van der Waals surface area contributed by atoms with Gasteiger partial charge in [-0.3, -0.25) is 0 Å². The van der Waals surface area contributed by atoms with E-state index in [0.29, 0.717) is 11.7 Å². The Morgan fingerprint density at radius 1 is 1.57 bits per heavy atom. The van der Waals surface area contributed by atoms with Crippen molar-refractivity contribution in [1.82, 2.24) is 4.98 Å². The van der Waals surface area contributed by atoms with E-state index in [1.807, 2.05) is 19.1 Å². The number of hydrogen-bond donors (Lipinski definition) is 2. The summed E-state index contributed by atoms with van der Waals surface area (Å²) in [7, 11) is 0. The monoisotopic (exact) mass is 195 g/mol. The van der Waals surface area contributed by atoms with Crippen LogP contribution in [0.4, 0.5) is 5.82 Å². The van der Waals surface area contributed by atoms with Crippen molar-refractivity contribution in [3.8, 4) is 5.88 Å². The lowest BCUT2D eigenvalue weighted by molar-refractivity contribution is 0.202. The molecule has 1 rings (SSSR count). The van der Waals surface area contributed by atoms with Crippen LogP contribution in [0.3, 0.4) is 0 Å². The van der Waals surface area contributed by atoms with Crippen molar-refractivity contribution >= 4 is 5.82 Å². The molecule has 3 N–H and O–H groups in total. The maximum Gasteiger partial charge on any atom is 0.215 e. The van der Waals surface area contributed by atoms with Gasteiger partial charge in [0.1, 0.15) is 5.82 Å². The first kappa shape index (κ1) is 10.8. The number of hydrogen-bond acceptors (Lipinski definition) is 4. The van der Waals surface area contributed by atoms with Crippen LogP contribution in [-0.2, 0) is 0 Å². The maximum absolute atomic E-state index is 5.59. The summed E-state index contributed by atoms with van der Waals surface area (Å²) >= 11 is 0. The molecule has 0 spiro atoms. The van der Waals surface area contributed by atoms with Gasteiger partial charge in [-0.15, -0.1) is 0 Å². The molecule has 78 valence electrons. The van der Waals surface area contributed by atoms with Crippen LogP contribution >= 0.6 is 0 Å². The summed E-state index contributed by atoms with van der Waals surface area (Å²) in [6, 6.07) is 5.47. The van der Waals surface area contributed by atoms with Gasteiger partial charge in [0.15, 0.2) is 0 Å². The normalized spacial score (nSPS) is 12.2. The Balaban J connectivity index is 2.57. The number of nitrogen functional groups attached to an aromatic ring is 1. The topological polar surface area (TPSA) is 60.2 Å². The van der Waals surface area contributed by atoms with Crippen LogP contribution in [0.1, 0.15) is 26.7 Å². The van der Waals surface area contributed by atoms with Gasteiger partial charge in [-0.1, -0.05) is 19.4 Å². The van der Waals surface area contributed by atoms with Crippen LogP contribution in [-0.4, -0.2) is 11.1 Å². The van der Waals surface area contributed by atoms with Gasteiger partial charge in [0.25, 0.3) is 0 Å². The molecule has 4 nitrogen and oxygen atoms in total. The Morgan fingerprint density at radius 3 is 3.00 bits per heavy atom. The average molecular weight is 195 g/mol. The third kappa shape index (κ3) is 3.22. The van der Waals surface area contributed by atoms with E-state index in [4.69, 9.17) is 10.6 Å². The molecule has 1 atom stereocenters. The number of hydrazine groups is 1. The van der Waals surface area contributed by atoms with Gasteiger partial charge in [-0.2, -0.15) is 4.98 Å². The van der Waals surface area contributed by atoms with Gasteiger partial charge in [-0.25, -0.2) is 5.84 Å². The molecule has 1 aromatic heterocycles. The van der Waals surface area contributed by atoms with Crippen molar-refractivity contribution in [3.05, 3.63) is 18.2 Å². The Morgan fingerprint density at radius 2 is 2.36 bits per heavy atom. The molecule has 14 heavy (non-hydrogen) atoms. The third-order valence-electron chi connectivity index (χ3n) is 1.89. The highest BCUT2D eigenvalue weighted by Crippen LogP contribution is 2.13. The quantitative estimate of drug-likeness (QED) is 0.556. The average Bonchev–Trinajstić information content (AvgIpc) is 2.18. The lowest BCUT2D eigenvalue weighted by Gasteiger charge is -2.13. The van der Waals surface area contributed by atoms with Crippen molar-refractivity contribution in [2.24, 2.45) is 5.84 Å². The molecule has 0 radical (unpaired) electrons. The Labute approximate surface area is 84.4 Å². The molecule has 1 unspecified atom stereocenters. The number of nitrogens with one attached hydrogen (secondary N) is 1. The first-order valence-electron chi connectivity index (χ1n) is 4.86. The summed E-state index contributed by atoms with van der Waals surface area (Å²) in [6.45, 7) is 4.17. The number of aromatic nitrogens is 1. The van der Waals surface area contributed by atoms with Crippen LogP contribution in [0.5, 0.6) is 5.88 Å². The predicted molar refractivity (Wildman–Crippen MR) is 57.0 cm³/mol. The molecule has 0 aliphatic rings. The molecule has 0 aliphatic heterocycles. The van der Waals surface area contributed by atoms with Crippen LogP contribution in [0.25, 0.3) is 0 Å². The molecular formula is C10H17N3O. The minimum atomic E-state index is 0.195. The number of ether oxygens (including phenoxy) is 1. The van der Waals surface area contributed by atoms with Crippen molar-refractivity contribution < 1.29 is 4.74 Å². The number of anilines is 1. The molecular weight excluding hydrogens is 178 g/mol. The zero-order valence-corrected chi connectivity index (χ0v) is 8.66. The van der Waals surface area contributed by atoms with Crippen LogP contribution in [0.15, 0.2) is 18.2 Å². The van der Waals surface area contributed by atoms with E-state index in [2.05, 4.69) is 17.3 Å². The molecule has 0 saturated carbocycles. The van der Waals surface area contributed by atoms with Crippen molar-refractivity contribution in [2.75, 3.05) is 5.43 Å². The second kappa shape index (κ2) is 5.44. The van der Waals surface area contributed by atoms with Gasteiger partial charge in [0.05, 0.1) is 6.10 Å². The summed E-state index contributed by atoms with van der Waals surface area (Å²) < 4.78 is 5.59.